The molecule has 1 fully saturated rings. The fourth-order valence-corrected chi connectivity index (χ4v) is 4.60. The Balaban J connectivity index is 1.64. The number of methoxy groups -OCH3 is 1. The van der Waals surface area contributed by atoms with Gasteiger partial charge in [0.15, 0.2) is 11.6 Å². The second kappa shape index (κ2) is 7.51. The summed E-state index contributed by atoms with van der Waals surface area (Å²) < 4.78 is 26.0. The third-order valence-electron chi connectivity index (χ3n) is 4.87. The molecule has 10 heteroatoms. The zero-order valence-electron chi connectivity index (χ0n) is 16.1. The molecule has 1 aliphatic carbocycles. The van der Waals surface area contributed by atoms with Crippen LogP contribution in [0.25, 0.3) is 26.3 Å². The van der Waals surface area contributed by atoms with Crippen molar-refractivity contribution in [3.63, 3.8) is 0 Å². The molecule has 0 saturated heterocycles. The Kier molecular flexibility index (Phi) is 4.79. The summed E-state index contributed by atoms with van der Waals surface area (Å²) in [5.74, 6) is -0.0568. The van der Waals surface area contributed by atoms with E-state index >= 15 is 0 Å². The van der Waals surface area contributed by atoms with Crippen molar-refractivity contribution >= 4 is 33.2 Å². The smallest absolute Gasteiger partial charge is 0.333 e. The Morgan fingerprint density at radius 3 is 2.77 bits per heavy atom. The van der Waals surface area contributed by atoms with Gasteiger partial charge in [-0.2, -0.15) is 0 Å². The first-order valence-corrected chi connectivity index (χ1v) is 10.6. The standard InChI is InChI=1S/C21H15ClFN3O4S/c1-29-17-5-13(14(22)6-15(17)23)18-7-16-19(31-18)20(27)26(21(28)25-16)10-4-12(9-24-8-10)30-11-2-3-11/h4-9,11H,2-3H2,1H3,(H,25,28). The minimum Gasteiger partial charge on any atom is -0.494 e. The van der Waals surface area contributed by atoms with E-state index in [0.29, 0.717) is 32.1 Å². The Labute approximate surface area is 183 Å². The van der Waals surface area contributed by atoms with Crippen LogP contribution in [0.4, 0.5) is 4.39 Å². The van der Waals surface area contributed by atoms with Gasteiger partial charge in [-0.15, -0.1) is 11.3 Å². The van der Waals surface area contributed by atoms with Crippen LogP contribution >= 0.6 is 22.9 Å². The number of pyridine rings is 1. The third kappa shape index (κ3) is 3.60. The highest BCUT2D eigenvalue weighted by molar-refractivity contribution is 7.22. The highest BCUT2D eigenvalue weighted by Gasteiger charge is 2.24. The fourth-order valence-electron chi connectivity index (χ4n) is 3.22. The van der Waals surface area contributed by atoms with Gasteiger partial charge in [-0.25, -0.2) is 13.8 Å². The van der Waals surface area contributed by atoms with E-state index in [1.165, 1.54) is 19.4 Å². The molecule has 0 atom stereocenters. The van der Waals surface area contributed by atoms with Gasteiger partial charge in [-0.05, 0) is 31.0 Å². The largest absolute Gasteiger partial charge is 0.494 e. The van der Waals surface area contributed by atoms with E-state index < -0.39 is 17.1 Å². The predicted octanol–water partition coefficient (Wildman–Crippen LogP) is 4.14. The number of nitrogens with one attached hydrogen (secondary N) is 1. The molecule has 0 spiro atoms. The summed E-state index contributed by atoms with van der Waals surface area (Å²) in [5, 5.41) is 0.168. The number of hydrogen-bond acceptors (Lipinski definition) is 6. The summed E-state index contributed by atoms with van der Waals surface area (Å²) in [4.78, 5) is 33.3. The molecular formula is C21H15ClFN3O4S. The number of rotatable bonds is 5. The second-order valence-corrected chi connectivity index (χ2v) is 8.55. The van der Waals surface area contributed by atoms with Crippen LogP contribution in [0, 0.1) is 5.82 Å². The maximum Gasteiger partial charge on any atom is 0.333 e. The molecule has 7 nitrogen and oxygen atoms in total. The summed E-state index contributed by atoms with van der Waals surface area (Å²) in [5.41, 5.74) is 0.0710. The van der Waals surface area contributed by atoms with Crippen LogP contribution in [-0.4, -0.2) is 27.7 Å². The van der Waals surface area contributed by atoms with E-state index in [1.807, 2.05) is 0 Å². The van der Waals surface area contributed by atoms with Gasteiger partial charge in [-0.1, -0.05) is 11.6 Å². The van der Waals surface area contributed by atoms with Gasteiger partial charge in [0.25, 0.3) is 5.56 Å². The van der Waals surface area contributed by atoms with Crippen molar-refractivity contribution in [3.05, 3.63) is 68.3 Å². The molecular weight excluding hydrogens is 445 g/mol. The van der Waals surface area contributed by atoms with Crippen molar-refractivity contribution in [2.24, 2.45) is 0 Å². The summed E-state index contributed by atoms with van der Waals surface area (Å²) in [7, 11) is 1.35. The first-order valence-electron chi connectivity index (χ1n) is 9.39. The Morgan fingerprint density at radius 1 is 1.23 bits per heavy atom. The van der Waals surface area contributed by atoms with Gasteiger partial charge in [0.1, 0.15) is 10.4 Å². The van der Waals surface area contributed by atoms with E-state index in [-0.39, 0.29) is 16.9 Å². The summed E-state index contributed by atoms with van der Waals surface area (Å²) in [6.07, 6.45) is 5.09. The maximum absolute atomic E-state index is 13.9. The molecule has 158 valence electrons. The number of hydrogen-bond donors (Lipinski definition) is 1. The first-order chi connectivity index (χ1) is 14.9. The Hall–Kier alpha value is -3.17. The van der Waals surface area contributed by atoms with Crippen molar-refractivity contribution in [3.8, 4) is 27.6 Å². The normalized spacial score (nSPS) is 13.5. The zero-order chi connectivity index (χ0) is 21.7. The number of benzene rings is 1. The van der Waals surface area contributed by atoms with Gasteiger partial charge in [0.2, 0.25) is 0 Å². The van der Waals surface area contributed by atoms with Crippen LogP contribution < -0.4 is 20.7 Å². The van der Waals surface area contributed by atoms with Gasteiger partial charge in [-0.3, -0.25) is 9.78 Å². The molecule has 31 heavy (non-hydrogen) atoms. The van der Waals surface area contributed by atoms with Crippen LogP contribution in [0.3, 0.4) is 0 Å². The molecule has 0 amide bonds. The lowest BCUT2D eigenvalue weighted by Gasteiger charge is -2.07. The lowest BCUT2D eigenvalue weighted by atomic mass is 10.1. The maximum atomic E-state index is 13.9. The number of ether oxygens (including phenoxy) is 2. The summed E-state index contributed by atoms with van der Waals surface area (Å²) in [6, 6.07) is 5.86. The molecule has 4 aromatic rings. The Morgan fingerprint density at radius 2 is 2.03 bits per heavy atom. The number of thiophene rings is 1. The van der Waals surface area contributed by atoms with Gasteiger partial charge in [0, 0.05) is 16.5 Å². The average molecular weight is 460 g/mol. The van der Waals surface area contributed by atoms with Crippen LogP contribution in [0.5, 0.6) is 11.5 Å². The quantitative estimate of drug-likeness (QED) is 0.484. The second-order valence-electron chi connectivity index (χ2n) is 7.09. The highest BCUT2D eigenvalue weighted by atomic mass is 35.5. The van der Waals surface area contributed by atoms with Crippen molar-refractivity contribution in [2.45, 2.75) is 18.9 Å². The SMILES string of the molecule is COc1cc(-c2cc3[nH]c(=O)n(-c4cncc(OC5CC5)c4)c(=O)c3s2)c(Cl)cc1F. The molecule has 5 rings (SSSR count). The van der Waals surface area contributed by atoms with E-state index in [2.05, 4.69) is 9.97 Å². The number of nitrogens with zero attached hydrogens (tertiary/aromatic N) is 2. The number of aromatic amines is 1. The van der Waals surface area contributed by atoms with Crippen LogP contribution in [0.1, 0.15) is 12.8 Å². The summed E-state index contributed by atoms with van der Waals surface area (Å²) in [6.45, 7) is 0. The molecule has 1 aliphatic rings. The molecule has 0 bridgehead atoms. The lowest BCUT2D eigenvalue weighted by molar-refractivity contribution is 0.302. The van der Waals surface area contributed by atoms with Gasteiger partial charge < -0.3 is 14.5 Å². The zero-order valence-corrected chi connectivity index (χ0v) is 17.7. The van der Waals surface area contributed by atoms with Crippen molar-refractivity contribution < 1.29 is 13.9 Å². The number of aromatic nitrogens is 3. The predicted molar refractivity (Wildman–Crippen MR) is 116 cm³/mol. The molecule has 3 aromatic heterocycles. The van der Waals surface area contributed by atoms with E-state index in [1.54, 1.807) is 18.3 Å². The van der Waals surface area contributed by atoms with Crippen LogP contribution in [0.2, 0.25) is 5.02 Å². The van der Waals surface area contributed by atoms with Crippen molar-refractivity contribution in [2.75, 3.05) is 7.11 Å². The molecule has 0 aliphatic heterocycles. The average Bonchev–Trinajstić information content (AvgIpc) is 3.44. The minimum atomic E-state index is -0.602. The van der Waals surface area contributed by atoms with Gasteiger partial charge in [0.05, 0.1) is 41.8 Å². The molecule has 3 heterocycles. The van der Waals surface area contributed by atoms with E-state index in [4.69, 9.17) is 21.1 Å². The van der Waals surface area contributed by atoms with Crippen molar-refractivity contribution in [1.82, 2.24) is 14.5 Å². The van der Waals surface area contributed by atoms with Crippen LogP contribution in [0.15, 0.2) is 46.2 Å². The fraction of sp³-hybridized carbons (Fsp3) is 0.190. The minimum absolute atomic E-state index is 0.0290. The van der Waals surface area contributed by atoms with E-state index in [0.717, 1.165) is 34.8 Å². The molecule has 0 unspecified atom stereocenters. The summed E-state index contributed by atoms with van der Waals surface area (Å²) >= 11 is 7.36. The Bertz CT molecular complexity index is 1440. The number of fused-ring (bicyclic) bond motifs is 1. The van der Waals surface area contributed by atoms with Crippen LogP contribution in [-0.2, 0) is 0 Å². The third-order valence-corrected chi connectivity index (χ3v) is 6.33. The van der Waals surface area contributed by atoms with Gasteiger partial charge >= 0.3 is 5.69 Å². The monoisotopic (exact) mass is 459 g/mol. The highest BCUT2D eigenvalue weighted by Crippen LogP contribution is 2.38. The van der Waals surface area contributed by atoms with E-state index in [9.17, 15) is 14.0 Å². The van der Waals surface area contributed by atoms with Crippen molar-refractivity contribution in [1.29, 1.82) is 0 Å². The lowest BCUT2D eigenvalue weighted by Crippen LogP contribution is -2.33. The number of H-pyrrole nitrogens is 1. The first kappa shape index (κ1) is 19.8. The topological polar surface area (TPSA) is 86.2 Å². The number of halogens is 2. The molecule has 1 aromatic carbocycles. The molecule has 1 N–H and O–H groups in total. The molecule has 1 saturated carbocycles. The molecule has 0 radical (unpaired) electrons.